The molecule has 0 fully saturated rings. The quantitative estimate of drug-likeness (QED) is 0.795. The van der Waals surface area contributed by atoms with E-state index >= 15 is 0 Å². The maximum Gasteiger partial charge on any atom is 0.348 e. The van der Waals surface area contributed by atoms with E-state index in [4.69, 9.17) is 5.11 Å². The number of carbonyl (C=O) groups excluding carboxylic acids is 1. The van der Waals surface area contributed by atoms with Gasteiger partial charge >= 0.3 is 5.97 Å². The van der Waals surface area contributed by atoms with Crippen molar-refractivity contribution in [2.75, 3.05) is 5.32 Å². The third kappa shape index (κ3) is 2.71. The minimum atomic E-state index is -1.12. The number of carboxylic acids is 1. The summed E-state index contributed by atoms with van der Waals surface area (Å²) in [5.41, 5.74) is 0.347. The van der Waals surface area contributed by atoms with Crippen LogP contribution >= 0.6 is 11.3 Å². The van der Waals surface area contributed by atoms with E-state index in [1.54, 1.807) is 12.3 Å². The number of amides is 1. The highest BCUT2D eigenvalue weighted by Gasteiger charge is 2.16. The Balaban J connectivity index is 2.28. The molecule has 3 N–H and O–H groups in total. The van der Waals surface area contributed by atoms with E-state index in [2.05, 4.69) is 10.3 Å². The molecule has 98 valence electrons. The second-order valence-electron chi connectivity index (χ2n) is 3.82. The number of aromatic nitrogens is 1. The molecule has 0 bridgehead atoms. The summed E-state index contributed by atoms with van der Waals surface area (Å²) in [7, 11) is 0. The third-order valence-corrected chi connectivity index (χ3v) is 3.31. The second kappa shape index (κ2) is 5.07. The summed E-state index contributed by atoms with van der Waals surface area (Å²) in [4.78, 5) is 37.2. The first-order valence-electron chi connectivity index (χ1n) is 5.30. The van der Waals surface area contributed by atoms with E-state index in [-0.39, 0.29) is 16.1 Å². The summed E-state index contributed by atoms with van der Waals surface area (Å²) in [5, 5.41) is 12.9. The number of aryl methyl sites for hydroxylation is 1. The molecule has 0 atom stereocenters. The van der Waals surface area contributed by atoms with Gasteiger partial charge in [0.05, 0.1) is 5.69 Å². The highest BCUT2D eigenvalue weighted by Crippen LogP contribution is 2.22. The topological polar surface area (TPSA) is 99.3 Å². The van der Waals surface area contributed by atoms with Gasteiger partial charge < -0.3 is 15.4 Å². The second-order valence-corrected chi connectivity index (χ2v) is 4.73. The first-order valence-corrected chi connectivity index (χ1v) is 6.18. The van der Waals surface area contributed by atoms with Crippen molar-refractivity contribution in [3.63, 3.8) is 0 Å². The molecule has 2 heterocycles. The van der Waals surface area contributed by atoms with Gasteiger partial charge in [-0.05, 0) is 18.4 Å². The maximum atomic E-state index is 11.9. The van der Waals surface area contributed by atoms with Gasteiger partial charge in [0.15, 0.2) is 5.43 Å². The number of carboxylic acid groups (broad SMARTS) is 1. The van der Waals surface area contributed by atoms with E-state index in [0.29, 0.717) is 5.69 Å². The monoisotopic (exact) mass is 278 g/mol. The molecule has 19 heavy (non-hydrogen) atoms. The number of pyridine rings is 1. The summed E-state index contributed by atoms with van der Waals surface area (Å²) in [6.07, 6.45) is 1.31. The van der Waals surface area contributed by atoms with Crippen LogP contribution in [0.2, 0.25) is 0 Å². The van der Waals surface area contributed by atoms with Crippen LogP contribution in [0.4, 0.5) is 5.69 Å². The van der Waals surface area contributed by atoms with Gasteiger partial charge in [-0.25, -0.2) is 4.79 Å². The summed E-state index contributed by atoms with van der Waals surface area (Å²) in [5.74, 6) is -1.76. The van der Waals surface area contributed by atoms with E-state index < -0.39 is 17.3 Å². The molecule has 6 nitrogen and oxygen atoms in total. The molecule has 2 aromatic rings. The van der Waals surface area contributed by atoms with Gasteiger partial charge in [0.2, 0.25) is 0 Å². The van der Waals surface area contributed by atoms with Crippen molar-refractivity contribution in [1.82, 2.24) is 4.98 Å². The average molecular weight is 278 g/mol. The molecular weight excluding hydrogens is 268 g/mol. The fraction of sp³-hybridized carbons (Fsp3) is 0.0833. The van der Waals surface area contributed by atoms with Gasteiger partial charge in [-0.15, -0.1) is 11.3 Å². The number of thiophene rings is 1. The summed E-state index contributed by atoms with van der Waals surface area (Å²) in [6, 6.07) is 2.79. The molecule has 7 heteroatoms. The van der Waals surface area contributed by atoms with Crippen molar-refractivity contribution in [1.29, 1.82) is 0 Å². The molecule has 1 amide bonds. The fourth-order valence-electron chi connectivity index (χ4n) is 1.51. The molecule has 0 aromatic carbocycles. The largest absolute Gasteiger partial charge is 0.477 e. The number of anilines is 1. The number of aromatic amines is 1. The van der Waals surface area contributed by atoms with Gasteiger partial charge in [-0.2, -0.15) is 0 Å². The van der Waals surface area contributed by atoms with Gasteiger partial charge in [0.1, 0.15) is 10.4 Å². The highest BCUT2D eigenvalue weighted by molar-refractivity contribution is 7.12. The van der Waals surface area contributed by atoms with Crippen LogP contribution in [0.3, 0.4) is 0 Å². The van der Waals surface area contributed by atoms with Crippen LogP contribution in [-0.4, -0.2) is 22.0 Å². The predicted octanol–water partition coefficient (Wildman–Crippen LogP) is 1.70. The molecule has 2 rings (SSSR count). The molecular formula is C12H10N2O4S. The Morgan fingerprint density at radius 1 is 1.42 bits per heavy atom. The number of carbonyl (C=O) groups is 2. The Kier molecular flexibility index (Phi) is 3.48. The zero-order chi connectivity index (χ0) is 14.0. The summed E-state index contributed by atoms with van der Waals surface area (Å²) < 4.78 is 0. The van der Waals surface area contributed by atoms with Gasteiger partial charge in [-0.3, -0.25) is 9.59 Å². The molecule has 0 saturated heterocycles. The van der Waals surface area contributed by atoms with E-state index in [1.807, 2.05) is 0 Å². The van der Waals surface area contributed by atoms with Crippen LogP contribution in [0.25, 0.3) is 0 Å². The minimum Gasteiger partial charge on any atom is -0.477 e. The Labute approximate surface area is 111 Å². The zero-order valence-electron chi connectivity index (χ0n) is 9.89. The predicted molar refractivity (Wildman–Crippen MR) is 71.0 cm³/mol. The van der Waals surface area contributed by atoms with Crippen molar-refractivity contribution in [2.24, 2.45) is 0 Å². The molecule has 0 unspecified atom stereocenters. The van der Waals surface area contributed by atoms with Crippen LogP contribution in [0.1, 0.15) is 25.7 Å². The number of nitrogens with one attached hydrogen (secondary N) is 2. The summed E-state index contributed by atoms with van der Waals surface area (Å²) >= 11 is 1.00. The van der Waals surface area contributed by atoms with Crippen LogP contribution in [0.15, 0.2) is 28.5 Å². The van der Waals surface area contributed by atoms with Gasteiger partial charge in [0, 0.05) is 18.0 Å². The molecule has 0 aliphatic heterocycles. The number of hydrogen-bond acceptors (Lipinski definition) is 4. The normalized spacial score (nSPS) is 10.2. The van der Waals surface area contributed by atoms with Crippen molar-refractivity contribution in [2.45, 2.75) is 6.92 Å². The lowest BCUT2D eigenvalue weighted by Crippen LogP contribution is -2.22. The standard InChI is InChI=1S/C12H10N2O4S/c1-6-4-9(15)7(5-13-6)11(16)14-8-2-3-19-10(8)12(17)18/h2-5H,1H3,(H,13,15)(H,14,16)(H,17,18). The number of hydrogen-bond donors (Lipinski definition) is 3. The SMILES string of the molecule is Cc1cc(=O)c(C(=O)Nc2ccsc2C(=O)O)c[nH]1. The van der Waals surface area contributed by atoms with Crippen molar-refractivity contribution in [3.05, 3.63) is 50.1 Å². The lowest BCUT2D eigenvalue weighted by Gasteiger charge is -2.04. The Bertz CT molecular complexity index is 702. The third-order valence-electron chi connectivity index (χ3n) is 2.41. The summed E-state index contributed by atoms with van der Waals surface area (Å²) in [6.45, 7) is 1.70. The molecule has 0 spiro atoms. The minimum absolute atomic E-state index is 0.0249. The molecule has 0 saturated carbocycles. The lowest BCUT2D eigenvalue weighted by atomic mass is 10.2. The molecule has 0 aliphatic carbocycles. The van der Waals surface area contributed by atoms with Crippen LogP contribution in [0, 0.1) is 6.92 Å². The maximum absolute atomic E-state index is 11.9. The van der Waals surface area contributed by atoms with Crippen molar-refractivity contribution < 1.29 is 14.7 Å². The van der Waals surface area contributed by atoms with Crippen LogP contribution < -0.4 is 10.7 Å². The first-order chi connectivity index (χ1) is 8.99. The van der Waals surface area contributed by atoms with Crippen LogP contribution in [-0.2, 0) is 0 Å². The smallest absolute Gasteiger partial charge is 0.348 e. The number of aromatic carboxylic acids is 1. The lowest BCUT2D eigenvalue weighted by molar-refractivity contribution is 0.0703. The number of rotatable bonds is 3. The van der Waals surface area contributed by atoms with Gasteiger partial charge in [0.25, 0.3) is 5.91 Å². The fourth-order valence-corrected chi connectivity index (χ4v) is 2.20. The Hall–Kier alpha value is -2.41. The molecule has 2 aromatic heterocycles. The van der Waals surface area contributed by atoms with E-state index in [9.17, 15) is 14.4 Å². The average Bonchev–Trinajstić information content (AvgIpc) is 2.76. The van der Waals surface area contributed by atoms with E-state index in [1.165, 1.54) is 18.3 Å². The Morgan fingerprint density at radius 2 is 2.16 bits per heavy atom. The highest BCUT2D eigenvalue weighted by atomic mass is 32.1. The van der Waals surface area contributed by atoms with Gasteiger partial charge in [-0.1, -0.05) is 0 Å². The van der Waals surface area contributed by atoms with Crippen molar-refractivity contribution >= 4 is 28.9 Å². The number of H-pyrrole nitrogens is 1. The van der Waals surface area contributed by atoms with E-state index in [0.717, 1.165) is 11.3 Å². The Morgan fingerprint density at radius 3 is 2.79 bits per heavy atom. The molecule has 0 radical (unpaired) electrons. The first kappa shape index (κ1) is 13.0. The molecule has 0 aliphatic rings. The van der Waals surface area contributed by atoms with Crippen molar-refractivity contribution in [3.8, 4) is 0 Å². The zero-order valence-corrected chi connectivity index (χ0v) is 10.7. The van der Waals surface area contributed by atoms with Crippen LogP contribution in [0.5, 0.6) is 0 Å².